The minimum absolute atomic E-state index is 0.0121. The summed E-state index contributed by atoms with van der Waals surface area (Å²) in [5.41, 5.74) is -0.981. The smallest absolute Gasteiger partial charge is 0.311 e. The molecule has 0 spiro atoms. The first-order valence-corrected chi connectivity index (χ1v) is 5.35. The van der Waals surface area contributed by atoms with Gasteiger partial charge in [0.2, 0.25) is 0 Å². The van der Waals surface area contributed by atoms with Crippen molar-refractivity contribution in [1.82, 2.24) is 0 Å². The van der Waals surface area contributed by atoms with Crippen molar-refractivity contribution in [1.29, 1.82) is 5.26 Å². The van der Waals surface area contributed by atoms with Crippen molar-refractivity contribution in [3.63, 3.8) is 0 Å². The minimum Gasteiger partial charge on any atom is -0.481 e. The molecule has 76 valence electrons. The Hall–Kier alpha value is -1.00. The lowest BCUT2D eigenvalue weighted by atomic mass is 9.82. The Bertz CT molecular complexity index is 277. The summed E-state index contributed by atoms with van der Waals surface area (Å²) in [6.45, 7) is 0. The minimum atomic E-state index is -0.981. The maximum absolute atomic E-state index is 11.0. The first-order chi connectivity index (χ1) is 6.63. The molecule has 0 fully saturated rings. The molecule has 4 heteroatoms. The van der Waals surface area contributed by atoms with Crippen LogP contribution in [-0.4, -0.2) is 16.4 Å². The van der Waals surface area contributed by atoms with Gasteiger partial charge in [0.05, 0.1) is 17.9 Å². The number of unbranched alkanes of at least 4 members (excludes halogenated alkanes) is 1. The van der Waals surface area contributed by atoms with Crippen molar-refractivity contribution >= 4 is 21.9 Å². The van der Waals surface area contributed by atoms with Crippen molar-refractivity contribution in [3.8, 4) is 18.4 Å². The molecule has 0 aliphatic heterocycles. The molecule has 3 nitrogen and oxygen atoms in total. The number of carboxylic acids is 1. The fraction of sp³-hybridized carbons (Fsp3) is 0.600. The van der Waals surface area contributed by atoms with E-state index in [2.05, 4.69) is 21.9 Å². The van der Waals surface area contributed by atoms with Crippen LogP contribution in [0.25, 0.3) is 0 Å². The van der Waals surface area contributed by atoms with Gasteiger partial charge in [0, 0.05) is 11.8 Å². The standard InChI is InChI=1S/C10H12BrNO2/c1-2-3-4-5-10(8-11,6-7-12)9(13)14/h1H,3-6,8H2,(H,13,14). The fourth-order valence-corrected chi connectivity index (χ4v) is 1.84. The lowest BCUT2D eigenvalue weighted by Crippen LogP contribution is -2.32. The van der Waals surface area contributed by atoms with E-state index >= 15 is 0 Å². The summed E-state index contributed by atoms with van der Waals surface area (Å²) in [5.74, 6) is 1.52. The largest absolute Gasteiger partial charge is 0.481 e. The van der Waals surface area contributed by atoms with Gasteiger partial charge in [0.1, 0.15) is 0 Å². The molecule has 0 saturated heterocycles. The summed E-state index contributed by atoms with van der Waals surface area (Å²) in [6, 6.07) is 1.91. The van der Waals surface area contributed by atoms with Crippen LogP contribution >= 0.6 is 15.9 Å². The van der Waals surface area contributed by atoms with Crippen molar-refractivity contribution in [2.75, 3.05) is 5.33 Å². The van der Waals surface area contributed by atoms with Gasteiger partial charge in [0.15, 0.2) is 0 Å². The predicted molar refractivity (Wildman–Crippen MR) is 56.8 cm³/mol. The number of nitrogens with zero attached hydrogens (tertiary/aromatic N) is 1. The van der Waals surface area contributed by atoms with E-state index in [9.17, 15) is 4.79 Å². The molecule has 1 unspecified atom stereocenters. The summed E-state index contributed by atoms with van der Waals surface area (Å²) >= 11 is 3.14. The fourth-order valence-electron chi connectivity index (χ4n) is 1.12. The molecule has 0 aromatic carbocycles. The van der Waals surface area contributed by atoms with E-state index < -0.39 is 11.4 Å². The third-order valence-corrected chi connectivity index (χ3v) is 3.18. The van der Waals surface area contributed by atoms with E-state index in [1.807, 2.05) is 6.07 Å². The van der Waals surface area contributed by atoms with Gasteiger partial charge in [-0.2, -0.15) is 5.26 Å². The number of carboxylic acid groups (broad SMARTS) is 1. The summed E-state index contributed by atoms with van der Waals surface area (Å²) in [5, 5.41) is 17.9. The zero-order valence-corrected chi connectivity index (χ0v) is 9.38. The van der Waals surface area contributed by atoms with E-state index in [1.165, 1.54) is 0 Å². The van der Waals surface area contributed by atoms with Gasteiger partial charge in [0.25, 0.3) is 0 Å². The number of nitriles is 1. The molecular formula is C10H12BrNO2. The molecule has 0 aliphatic rings. The summed E-state index contributed by atoms with van der Waals surface area (Å²) in [4.78, 5) is 11.0. The van der Waals surface area contributed by atoms with E-state index in [0.29, 0.717) is 19.3 Å². The molecule has 0 saturated carbocycles. The van der Waals surface area contributed by atoms with Crippen molar-refractivity contribution in [2.45, 2.75) is 25.7 Å². The van der Waals surface area contributed by atoms with Crippen LogP contribution in [0.2, 0.25) is 0 Å². The highest BCUT2D eigenvalue weighted by Crippen LogP contribution is 2.31. The first-order valence-electron chi connectivity index (χ1n) is 4.23. The van der Waals surface area contributed by atoms with Gasteiger partial charge in [-0.3, -0.25) is 4.79 Å². The molecule has 1 N–H and O–H groups in total. The van der Waals surface area contributed by atoms with Gasteiger partial charge in [-0.1, -0.05) is 15.9 Å². The van der Waals surface area contributed by atoms with Crippen LogP contribution in [0.5, 0.6) is 0 Å². The van der Waals surface area contributed by atoms with E-state index in [0.717, 1.165) is 0 Å². The third kappa shape index (κ3) is 3.40. The number of hydrogen-bond donors (Lipinski definition) is 1. The van der Waals surface area contributed by atoms with Crippen LogP contribution in [0.1, 0.15) is 25.7 Å². The maximum Gasteiger partial charge on any atom is 0.311 e. The van der Waals surface area contributed by atoms with Crippen LogP contribution in [0, 0.1) is 29.1 Å². The van der Waals surface area contributed by atoms with Crippen LogP contribution in [0.3, 0.4) is 0 Å². The van der Waals surface area contributed by atoms with Crippen molar-refractivity contribution in [2.24, 2.45) is 5.41 Å². The second-order valence-corrected chi connectivity index (χ2v) is 3.67. The molecular weight excluding hydrogens is 246 g/mol. The number of terminal acetylenes is 1. The lowest BCUT2D eigenvalue weighted by molar-refractivity contribution is -0.147. The second kappa shape index (κ2) is 6.45. The number of halogens is 1. The molecule has 0 aliphatic carbocycles. The molecule has 0 radical (unpaired) electrons. The average molecular weight is 258 g/mol. The van der Waals surface area contributed by atoms with Gasteiger partial charge < -0.3 is 5.11 Å². The summed E-state index contributed by atoms with van der Waals surface area (Å²) in [7, 11) is 0. The Labute approximate surface area is 92.2 Å². The quantitative estimate of drug-likeness (QED) is 0.451. The topological polar surface area (TPSA) is 61.1 Å². The molecule has 0 aromatic rings. The van der Waals surface area contributed by atoms with Crippen LogP contribution in [-0.2, 0) is 4.79 Å². The Kier molecular flexibility index (Phi) is 5.99. The van der Waals surface area contributed by atoms with Crippen LogP contribution < -0.4 is 0 Å². The van der Waals surface area contributed by atoms with Crippen LogP contribution in [0.4, 0.5) is 0 Å². The second-order valence-electron chi connectivity index (χ2n) is 3.11. The molecule has 0 rings (SSSR count). The lowest BCUT2D eigenvalue weighted by Gasteiger charge is -2.23. The third-order valence-electron chi connectivity index (χ3n) is 2.10. The zero-order valence-electron chi connectivity index (χ0n) is 7.79. The summed E-state index contributed by atoms with van der Waals surface area (Å²) in [6.07, 6.45) is 6.71. The Balaban J connectivity index is 4.45. The molecule has 0 bridgehead atoms. The number of alkyl halides is 1. The highest BCUT2D eigenvalue weighted by molar-refractivity contribution is 9.09. The zero-order chi connectivity index (χ0) is 11.0. The van der Waals surface area contributed by atoms with Crippen LogP contribution in [0.15, 0.2) is 0 Å². The summed E-state index contributed by atoms with van der Waals surface area (Å²) < 4.78 is 0. The monoisotopic (exact) mass is 257 g/mol. The number of hydrogen-bond acceptors (Lipinski definition) is 2. The van der Waals surface area contributed by atoms with Gasteiger partial charge in [-0.15, -0.1) is 12.3 Å². The highest BCUT2D eigenvalue weighted by Gasteiger charge is 2.36. The molecule has 1 atom stereocenters. The molecule has 0 aromatic heterocycles. The van der Waals surface area contributed by atoms with Gasteiger partial charge >= 0.3 is 5.97 Å². The normalized spacial score (nSPS) is 13.6. The van der Waals surface area contributed by atoms with Gasteiger partial charge in [-0.05, 0) is 12.8 Å². The maximum atomic E-state index is 11.0. The molecule has 0 amide bonds. The molecule has 0 heterocycles. The predicted octanol–water partition coefficient (Wildman–Crippen LogP) is 2.17. The Morgan fingerprint density at radius 3 is 2.64 bits per heavy atom. The highest BCUT2D eigenvalue weighted by atomic mass is 79.9. The number of aliphatic carboxylic acids is 1. The average Bonchev–Trinajstić information content (AvgIpc) is 2.16. The number of rotatable bonds is 6. The SMILES string of the molecule is C#CCCCC(CBr)(CC#N)C(=O)O. The molecule has 14 heavy (non-hydrogen) atoms. The van der Waals surface area contributed by atoms with Crippen molar-refractivity contribution in [3.05, 3.63) is 0 Å². The van der Waals surface area contributed by atoms with Gasteiger partial charge in [-0.25, -0.2) is 0 Å². The van der Waals surface area contributed by atoms with E-state index in [1.54, 1.807) is 0 Å². The first kappa shape index (κ1) is 13.0. The Morgan fingerprint density at radius 2 is 2.29 bits per heavy atom. The Morgan fingerprint density at radius 1 is 1.64 bits per heavy atom. The number of carbonyl (C=O) groups is 1. The van der Waals surface area contributed by atoms with Crippen molar-refractivity contribution < 1.29 is 9.90 Å². The van der Waals surface area contributed by atoms with E-state index in [-0.39, 0.29) is 11.8 Å². The van der Waals surface area contributed by atoms with E-state index in [4.69, 9.17) is 16.8 Å².